The first-order chi connectivity index (χ1) is 13.0. The highest BCUT2D eigenvalue weighted by molar-refractivity contribution is 5.97. The Bertz CT molecular complexity index is 763. The van der Waals surface area contributed by atoms with Crippen LogP contribution in [0.15, 0.2) is 60.7 Å². The quantitative estimate of drug-likeness (QED) is 0.597. The zero-order valence-electron chi connectivity index (χ0n) is 16.6. The van der Waals surface area contributed by atoms with Crippen LogP contribution in [0.3, 0.4) is 0 Å². The van der Waals surface area contributed by atoms with Crippen LogP contribution in [0, 0.1) is 23.7 Å². The number of carbonyl (C=O) groups is 2. The summed E-state index contributed by atoms with van der Waals surface area (Å²) in [6.45, 7) is 6.46. The molecule has 1 fully saturated rings. The lowest BCUT2D eigenvalue weighted by Gasteiger charge is -2.39. The second kappa shape index (κ2) is 8.65. The molecule has 3 rings (SSSR count). The second-order valence-corrected chi connectivity index (χ2v) is 8.34. The van der Waals surface area contributed by atoms with Crippen molar-refractivity contribution >= 4 is 11.6 Å². The SMILES string of the molecule is CC(C)[C@@H]1CC[C@@H](C)[C@@H]([C@@H](CC(=O)c2ccccc2)c2ccccc2)C1=O. The molecule has 0 spiro atoms. The van der Waals surface area contributed by atoms with Crippen molar-refractivity contribution in [3.05, 3.63) is 71.8 Å². The average molecular weight is 363 g/mol. The topological polar surface area (TPSA) is 34.1 Å². The van der Waals surface area contributed by atoms with E-state index >= 15 is 0 Å². The number of Topliss-reactive ketones (excluding diaryl/α,β-unsaturated/α-hetero) is 2. The number of hydrogen-bond acceptors (Lipinski definition) is 2. The molecule has 1 aliphatic rings. The maximum absolute atomic E-state index is 13.4. The van der Waals surface area contributed by atoms with Crippen molar-refractivity contribution in [2.45, 2.75) is 46.0 Å². The zero-order chi connectivity index (χ0) is 19.4. The largest absolute Gasteiger partial charge is 0.299 e. The fourth-order valence-electron chi connectivity index (χ4n) is 4.64. The molecule has 0 aromatic heterocycles. The predicted octanol–water partition coefficient (Wildman–Crippen LogP) is 5.93. The van der Waals surface area contributed by atoms with Gasteiger partial charge in [-0.05, 0) is 30.2 Å². The first-order valence-electron chi connectivity index (χ1n) is 10.2. The van der Waals surface area contributed by atoms with E-state index in [4.69, 9.17) is 0 Å². The number of benzene rings is 2. The highest BCUT2D eigenvalue weighted by Gasteiger charge is 2.42. The van der Waals surface area contributed by atoms with Crippen LogP contribution in [0.5, 0.6) is 0 Å². The van der Waals surface area contributed by atoms with Gasteiger partial charge in [0.25, 0.3) is 0 Å². The smallest absolute Gasteiger partial charge is 0.163 e. The monoisotopic (exact) mass is 362 g/mol. The van der Waals surface area contributed by atoms with Gasteiger partial charge in [-0.1, -0.05) is 81.4 Å². The van der Waals surface area contributed by atoms with Crippen molar-refractivity contribution in [3.8, 4) is 0 Å². The Morgan fingerprint density at radius 2 is 1.56 bits per heavy atom. The molecule has 142 valence electrons. The molecule has 0 bridgehead atoms. The van der Waals surface area contributed by atoms with E-state index in [9.17, 15) is 9.59 Å². The third kappa shape index (κ3) is 4.37. The van der Waals surface area contributed by atoms with E-state index in [1.54, 1.807) is 0 Å². The van der Waals surface area contributed by atoms with E-state index in [1.807, 2.05) is 48.5 Å². The molecule has 4 atom stereocenters. The fraction of sp³-hybridized carbons (Fsp3) is 0.440. The summed E-state index contributed by atoms with van der Waals surface area (Å²) in [6.07, 6.45) is 2.42. The minimum absolute atomic E-state index is 0.0528. The molecular weight excluding hydrogens is 332 g/mol. The molecule has 2 aromatic rings. The Balaban J connectivity index is 1.94. The summed E-state index contributed by atoms with van der Waals surface area (Å²) in [6, 6.07) is 19.6. The van der Waals surface area contributed by atoms with Crippen molar-refractivity contribution < 1.29 is 9.59 Å². The summed E-state index contributed by atoms with van der Waals surface area (Å²) >= 11 is 0. The van der Waals surface area contributed by atoms with Crippen LogP contribution in [0.4, 0.5) is 0 Å². The zero-order valence-corrected chi connectivity index (χ0v) is 16.6. The van der Waals surface area contributed by atoms with Gasteiger partial charge in [0, 0.05) is 29.7 Å². The maximum atomic E-state index is 13.4. The van der Waals surface area contributed by atoms with Gasteiger partial charge in [0.15, 0.2) is 5.78 Å². The lowest BCUT2D eigenvalue weighted by Crippen LogP contribution is -2.40. The number of ketones is 2. The first-order valence-corrected chi connectivity index (χ1v) is 10.2. The van der Waals surface area contributed by atoms with E-state index < -0.39 is 0 Å². The number of hydrogen-bond donors (Lipinski definition) is 0. The van der Waals surface area contributed by atoms with Gasteiger partial charge in [0.2, 0.25) is 0 Å². The van der Waals surface area contributed by atoms with Crippen LogP contribution >= 0.6 is 0 Å². The van der Waals surface area contributed by atoms with Gasteiger partial charge < -0.3 is 0 Å². The highest BCUT2D eigenvalue weighted by Crippen LogP contribution is 2.43. The lowest BCUT2D eigenvalue weighted by molar-refractivity contribution is -0.133. The van der Waals surface area contributed by atoms with E-state index in [0.717, 1.165) is 24.0 Å². The van der Waals surface area contributed by atoms with Gasteiger partial charge >= 0.3 is 0 Å². The molecule has 0 amide bonds. The first kappa shape index (κ1) is 19.5. The number of rotatable bonds is 6. The standard InChI is InChI=1S/C25H30O2/c1-17(2)21-15-14-18(3)24(25(21)27)22(19-10-6-4-7-11-19)16-23(26)20-12-8-5-9-13-20/h4-13,17-18,21-22,24H,14-16H2,1-3H3/t18-,21+,22+,24+/m1/s1. The molecule has 1 aliphatic carbocycles. The van der Waals surface area contributed by atoms with Gasteiger partial charge in [-0.25, -0.2) is 0 Å². The Labute approximate surface area is 163 Å². The fourth-order valence-corrected chi connectivity index (χ4v) is 4.64. The summed E-state index contributed by atoms with van der Waals surface area (Å²) in [5.74, 6) is 1.12. The third-order valence-corrected chi connectivity index (χ3v) is 6.21. The Morgan fingerprint density at radius 1 is 0.963 bits per heavy atom. The number of carbonyl (C=O) groups excluding carboxylic acids is 2. The van der Waals surface area contributed by atoms with Crippen LogP contribution in [0.2, 0.25) is 0 Å². The van der Waals surface area contributed by atoms with Crippen LogP contribution in [-0.2, 0) is 4.79 Å². The Morgan fingerprint density at radius 3 is 2.15 bits per heavy atom. The van der Waals surface area contributed by atoms with Gasteiger partial charge in [0.1, 0.15) is 5.78 Å². The van der Waals surface area contributed by atoms with Crippen LogP contribution < -0.4 is 0 Å². The minimum Gasteiger partial charge on any atom is -0.299 e. The summed E-state index contributed by atoms with van der Waals surface area (Å²) in [4.78, 5) is 26.4. The van der Waals surface area contributed by atoms with Crippen LogP contribution in [0.25, 0.3) is 0 Å². The summed E-state index contributed by atoms with van der Waals surface area (Å²) < 4.78 is 0. The minimum atomic E-state index is -0.0822. The van der Waals surface area contributed by atoms with Crippen molar-refractivity contribution in [1.82, 2.24) is 0 Å². The molecule has 0 unspecified atom stereocenters. The molecule has 0 saturated heterocycles. The average Bonchev–Trinajstić information content (AvgIpc) is 2.68. The van der Waals surface area contributed by atoms with E-state index in [0.29, 0.717) is 24.0 Å². The molecule has 2 aromatic carbocycles. The molecule has 0 heterocycles. The van der Waals surface area contributed by atoms with Gasteiger partial charge in [0.05, 0.1) is 0 Å². The molecule has 0 aliphatic heterocycles. The molecule has 0 radical (unpaired) electrons. The molecular formula is C25H30O2. The normalized spacial score (nSPS) is 24.0. The van der Waals surface area contributed by atoms with E-state index in [2.05, 4.69) is 32.9 Å². The summed E-state index contributed by atoms with van der Waals surface area (Å²) in [7, 11) is 0. The van der Waals surface area contributed by atoms with Gasteiger partial charge in [-0.3, -0.25) is 9.59 Å². The van der Waals surface area contributed by atoms with Gasteiger partial charge in [-0.2, -0.15) is 0 Å². The van der Waals surface area contributed by atoms with Crippen molar-refractivity contribution in [1.29, 1.82) is 0 Å². The summed E-state index contributed by atoms with van der Waals surface area (Å²) in [5, 5.41) is 0. The Hall–Kier alpha value is -2.22. The predicted molar refractivity (Wildman–Crippen MR) is 110 cm³/mol. The molecule has 27 heavy (non-hydrogen) atoms. The Kier molecular flexibility index (Phi) is 6.26. The van der Waals surface area contributed by atoms with Crippen molar-refractivity contribution in [2.75, 3.05) is 0 Å². The van der Waals surface area contributed by atoms with Crippen molar-refractivity contribution in [2.24, 2.45) is 23.7 Å². The molecule has 2 nitrogen and oxygen atoms in total. The highest BCUT2D eigenvalue weighted by atomic mass is 16.1. The molecule has 0 N–H and O–H groups in total. The van der Waals surface area contributed by atoms with Gasteiger partial charge in [-0.15, -0.1) is 0 Å². The maximum Gasteiger partial charge on any atom is 0.163 e. The third-order valence-electron chi connectivity index (χ3n) is 6.21. The van der Waals surface area contributed by atoms with Crippen molar-refractivity contribution in [3.63, 3.8) is 0 Å². The molecule has 1 saturated carbocycles. The van der Waals surface area contributed by atoms with Crippen LogP contribution in [-0.4, -0.2) is 11.6 Å². The molecule has 2 heteroatoms. The lowest BCUT2D eigenvalue weighted by atomic mass is 9.63. The van der Waals surface area contributed by atoms with E-state index in [1.165, 1.54) is 0 Å². The second-order valence-electron chi connectivity index (χ2n) is 8.34. The summed E-state index contributed by atoms with van der Waals surface area (Å²) in [5.41, 5.74) is 1.84. The van der Waals surface area contributed by atoms with E-state index in [-0.39, 0.29) is 23.5 Å². The van der Waals surface area contributed by atoms with Crippen LogP contribution in [0.1, 0.15) is 61.9 Å².